The maximum absolute atomic E-state index is 12.9. The molecule has 0 saturated heterocycles. The molecule has 1 saturated carbocycles. The fourth-order valence-electron chi connectivity index (χ4n) is 3.60. The maximum Gasteiger partial charge on any atom is 0.418 e. The summed E-state index contributed by atoms with van der Waals surface area (Å²) in [5.74, 6) is -0.115. The van der Waals surface area contributed by atoms with E-state index in [0.29, 0.717) is 29.6 Å². The zero-order valence-electron chi connectivity index (χ0n) is 16.0. The Balaban J connectivity index is 2.11. The van der Waals surface area contributed by atoms with Crippen molar-refractivity contribution in [2.45, 2.75) is 50.2 Å². The largest absolute Gasteiger partial charge is 0.464 e. The Morgan fingerprint density at radius 2 is 2.10 bits per heavy atom. The monoisotopic (exact) mass is 455 g/mol. The number of rotatable bonds is 6. The van der Waals surface area contributed by atoms with Crippen molar-refractivity contribution in [3.63, 3.8) is 0 Å². The summed E-state index contributed by atoms with van der Waals surface area (Å²) in [5.41, 5.74) is 0.739. The lowest BCUT2D eigenvalue weighted by molar-refractivity contribution is 0.201. The van der Waals surface area contributed by atoms with E-state index in [9.17, 15) is 18.3 Å². The number of amides is 1. The number of nitrogens with one attached hydrogen (secondary N) is 1. The number of carbonyl (C=O) groups is 1. The molecule has 30 heavy (non-hydrogen) atoms. The van der Waals surface area contributed by atoms with Gasteiger partial charge in [-0.25, -0.2) is 27.9 Å². The number of nitrogens with zero attached hydrogens (tertiary/aromatic N) is 4. The molecule has 11 nitrogen and oxygen atoms in total. The first-order chi connectivity index (χ1) is 14.2. The highest BCUT2D eigenvalue weighted by Gasteiger charge is 2.40. The molecule has 1 aliphatic carbocycles. The third-order valence-corrected chi connectivity index (χ3v) is 6.52. The summed E-state index contributed by atoms with van der Waals surface area (Å²) in [6.07, 6.45) is 0.900. The maximum atomic E-state index is 12.9. The molecule has 0 spiro atoms. The van der Waals surface area contributed by atoms with Gasteiger partial charge in [0.05, 0.1) is 17.7 Å². The Labute approximate surface area is 175 Å². The first-order valence-corrected chi connectivity index (χ1v) is 10.9. The van der Waals surface area contributed by atoms with Crippen LogP contribution in [-0.4, -0.2) is 44.4 Å². The van der Waals surface area contributed by atoms with E-state index in [1.165, 1.54) is 11.0 Å². The summed E-state index contributed by atoms with van der Waals surface area (Å²) in [6.45, 7) is 3.25. The van der Waals surface area contributed by atoms with Gasteiger partial charge in [0.25, 0.3) is 10.0 Å². The zero-order valence-corrected chi connectivity index (χ0v) is 17.5. The molecule has 0 bridgehead atoms. The molecule has 3 aromatic heterocycles. The number of sulfonamides is 1. The van der Waals surface area contributed by atoms with E-state index in [2.05, 4.69) is 15.1 Å². The quantitative estimate of drug-likeness (QED) is 0.474. The molecular weight excluding hydrogens is 438 g/mol. The minimum Gasteiger partial charge on any atom is -0.464 e. The van der Waals surface area contributed by atoms with Crippen molar-refractivity contribution in [1.29, 1.82) is 0 Å². The fraction of sp³-hybridized carbons (Fsp3) is 0.412. The highest BCUT2D eigenvalue weighted by Crippen LogP contribution is 2.48. The van der Waals surface area contributed by atoms with Crippen molar-refractivity contribution >= 4 is 38.8 Å². The van der Waals surface area contributed by atoms with E-state index >= 15 is 0 Å². The number of aliphatic hydroxyl groups is 1. The average Bonchev–Trinajstić information content (AvgIpc) is 3.29. The van der Waals surface area contributed by atoms with Gasteiger partial charge in [-0.3, -0.25) is 0 Å². The summed E-state index contributed by atoms with van der Waals surface area (Å²) in [4.78, 5) is 19.0. The summed E-state index contributed by atoms with van der Waals surface area (Å²) >= 11 is 6.33. The Morgan fingerprint density at radius 1 is 1.40 bits per heavy atom. The molecule has 3 aromatic rings. The molecule has 0 aromatic carbocycles. The van der Waals surface area contributed by atoms with Crippen LogP contribution in [0.15, 0.2) is 15.7 Å². The van der Waals surface area contributed by atoms with Gasteiger partial charge in [-0.05, 0) is 26.7 Å². The second-order valence-electron chi connectivity index (χ2n) is 7.22. The van der Waals surface area contributed by atoms with E-state index in [0.717, 1.165) is 0 Å². The first kappa shape index (κ1) is 20.6. The van der Waals surface area contributed by atoms with Crippen LogP contribution in [0, 0.1) is 0 Å². The molecule has 0 aliphatic heterocycles. The first-order valence-electron chi connectivity index (χ1n) is 9.07. The van der Waals surface area contributed by atoms with E-state index in [1.54, 1.807) is 4.57 Å². The van der Waals surface area contributed by atoms with Gasteiger partial charge in [-0.1, -0.05) is 16.8 Å². The Bertz CT molecular complexity index is 1260. The molecule has 1 aliphatic rings. The van der Waals surface area contributed by atoms with E-state index in [-0.39, 0.29) is 39.0 Å². The number of carboxylic acid groups (broad SMARTS) is 1. The Morgan fingerprint density at radius 3 is 2.67 bits per heavy atom. The SMILES string of the molecule is CC(C)n1c(CO)c(-c2noc(C3CC3)c2S(=O)(=O)NC(=O)O)c2c(Cl)ncnc21. The minimum atomic E-state index is -4.53. The van der Waals surface area contributed by atoms with Gasteiger partial charge in [0.2, 0.25) is 0 Å². The third-order valence-electron chi connectivity index (χ3n) is 4.85. The third kappa shape index (κ3) is 3.20. The number of hydrogen-bond acceptors (Lipinski definition) is 8. The van der Waals surface area contributed by atoms with Crippen molar-refractivity contribution in [1.82, 2.24) is 24.4 Å². The number of hydrogen-bond donors (Lipinski definition) is 3. The molecule has 1 fully saturated rings. The number of fused-ring (bicyclic) bond motifs is 1. The topological polar surface area (TPSA) is 160 Å². The van der Waals surface area contributed by atoms with Gasteiger partial charge in [0.1, 0.15) is 22.8 Å². The lowest BCUT2D eigenvalue weighted by Crippen LogP contribution is -2.29. The molecule has 0 unspecified atom stereocenters. The highest BCUT2D eigenvalue weighted by atomic mass is 35.5. The molecular formula is C17H18ClN5O6S. The van der Waals surface area contributed by atoms with Crippen LogP contribution in [0.2, 0.25) is 5.15 Å². The summed E-state index contributed by atoms with van der Waals surface area (Å²) in [7, 11) is -4.53. The normalized spacial score (nSPS) is 14.6. The van der Waals surface area contributed by atoms with Gasteiger partial charge in [0.15, 0.2) is 10.7 Å². The van der Waals surface area contributed by atoms with E-state index in [1.807, 2.05) is 13.8 Å². The van der Waals surface area contributed by atoms with Crippen LogP contribution in [0.25, 0.3) is 22.3 Å². The van der Waals surface area contributed by atoms with Crippen molar-refractivity contribution in [2.75, 3.05) is 0 Å². The molecule has 0 radical (unpaired) electrons. The van der Waals surface area contributed by atoms with Crippen molar-refractivity contribution in [2.24, 2.45) is 0 Å². The minimum absolute atomic E-state index is 0.0367. The lowest BCUT2D eigenvalue weighted by atomic mass is 10.1. The standard InChI is InChI=1S/C17H18ClN5O6S/c1-7(2)23-9(5-24)10(11-15(18)19-6-20-16(11)23)12-14(30(27,28)22-17(25)26)13(29-21-12)8-3-4-8/h6-8,22,24H,3-5H2,1-2H3,(H,25,26). The van der Waals surface area contributed by atoms with Crippen LogP contribution < -0.4 is 4.72 Å². The predicted octanol–water partition coefficient (Wildman–Crippen LogP) is 2.65. The summed E-state index contributed by atoms with van der Waals surface area (Å²) in [6, 6.07) is -0.165. The molecule has 0 atom stereocenters. The molecule has 4 rings (SSSR count). The fourth-order valence-corrected chi connectivity index (χ4v) is 5.01. The smallest absolute Gasteiger partial charge is 0.418 e. The molecule has 13 heteroatoms. The molecule has 3 N–H and O–H groups in total. The number of halogens is 1. The van der Waals surface area contributed by atoms with Crippen LogP contribution in [-0.2, 0) is 16.6 Å². The highest BCUT2D eigenvalue weighted by molar-refractivity contribution is 7.90. The molecule has 3 heterocycles. The van der Waals surface area contributed by atoms with Crippen molar-refractivity contribution in [3.8, 4) is 11.3 Å². The second-order valence-corrected chi connectivity index (χ2v) is 9.19. The number of aliphatic hydroxyl groups excluding tert-OH is 1. The van der Waals surface area contributed by atoms with Gasteiger partial charge in [-0.2, -0.15) is 0 Å². The summed E-state index contributed by atoms with van der Waals surface area (Å²) < 4.78 is 34.4. The summed E-state index contributed by atoms with van der Waals surface area (Å²) in [5, 5.41) is 23.5. The van der Waals surface area contributed by atoms with Crippen LogP contribution in [0.1, 0.15) is 50.1 Å². The Kier molecular flexibility index (Phi) is 4.95. The van der Waals surface area contributed by atoms with Crippen LogP contribution >= 0.6 is 11.6 Å². The van der Waals surface area contributed by atoms with Crippen LogP contribution in [0.4, 0.5) is 4.79 Å². The van der Waals surface area contributed by atoms with E-state index in [4.69, 9.17) is 21.2 Å². The average molecular weight is 456 g/mol. The van der Waals surface area contributed by atoms with Crippen molar-refractivity contribution in [3.05, 3.63) is 22.9 Å². The van der Waals surface area contributed by atoms with Gasteiger partial charge >= 0.3 is 6.09 Å². The lowest BCUT2D eigenvalue weighted by Gasteiger charge is -2.13. The van der Waals surface area contributed by atoms with Gasteiger partial charge in [0, 0.05) is 17.5 Å². The molecule has 1 amide bonds. The predicted molar refractivity (Wildman–Crippen MR) is 105 cm³/mol. The van der Waals surface area contributed by atoms with Crippen LogP contribution in [0.5, 0.6) is 0 Å². The van der Waals surface area contributed by atoms with E-state index < -0.39 is 22.7 Å². The zero-order chi connectivity index (χ0) is 21.8. The molecule has 160 valence electrons. The second kappa shape index (κ2) is 7.22. The van der Waals surface area contributed by atoms with Crippen LogP contribution in [0.3, 0.4) is 0 Å². The van der Waals surface area contributed by atoms with Crippen molar-refractivity contribution < 1.29 is 27.9 Å². The Hall–Kier alpha value is -2.70. The van der Waals surface area contributed by atoms with Gasteiger partial charge < -0.3 is 19.3 Å². The number of aromatic nitrogens is 4. The van der Waals surface area contributed by atoms with Gasteiger partial charge in [-0.15, -0.1) is 0 Å².